The van der Waals surface area contributed by atoms with Crippen molar-refractivity contribution in [1.82, 2.24) is 5.32 Å². The van der Waals surface area contributed by atoms with Gasteiger partial charge in [-0.2, -0.15) is 0 Å². The van der Waals surface area contributed by atoms with Crippen LogP contribution in [0.1, 0.15) is 36.5 Å². The molecule has 0 aliphatic carbocycles. The summed E-state index contributed by atoms with van der Waals surface area (Å²) >= 11 is 0. The monoisotopic (exact) mass is 269 g/mol. The van der Waals surface area contributed by atoms with Gasteiger partial charge < -0.3 is 10.1 Å². The topological polar surface area (TPSA) is 21.3 Å². The molecule has 0 aromatic heterocycles. The Labute approximate surface area is 121 Å². The zero-order valence-corrected chi connectivity index (χ0v) is 12.7. The number of benzene rings is 2. The van der Waals surface area contributed by atoms with Gasteiger partial charge in [-0.15, -0.1) is 0 Å². The predicted molar refractivity (Wildman–Crippen MR) is 84.5 cm³/mol. The Kier molecular flexibility index (Phi) is 4.80. The molecular formula is C18H23NO. The van der Waals surface area contributed by atoms with Crippen LogP contribution < -0.4 is 10.1 Å². The second-order valence-electron chi connectivity index (χ2n) is 5.46. The maximum Gasteiger partial charge on any atom is 0.130 e. The van der Waals surface area contributed by atoms with Crippen LogP contribution in [0.4, 0.5) is 0 Å². The van der Waals surface area contributed by atoms with Gasteiger partial charge in [0.25, 0.3) is 0 Å². The first kappa shape index (κ1) is 14.6. The van der Waals surface area contributed by atoms with E-state index in [-0.39, 0.29) is 0 Å². The van der Waals surface area contributed by atoms with E-state index in [0.717, 1.165) is 23.6 Å². The van der Waals surface area contributed by atoms with Crippen molar-refractivity contribution in [1.29, 1.82) is 0 Å². The number of ether oxygens (including phenoxy) is 1. The van der Waals surface area contributed by atoms with E-state index in [4.69, 9.17) is 4.74 Å². The summed E-state index contributed by atoms with van der Waals surface area (Å²) in [7, 11) is 1.95. The van der Waals surface area contributed by atoms with Crippen molar-refractivity contribution in [3.05, 3.63) is 59.2 Å². The smallest absolute Gasteiger partial charge is 0.130 e. The fourth-order valence-electron chi connectivity index (χ4n) is 2.09. The van der Waals surface area contributed by atoms with Crippen LogP contribution in [0, 0.1) is 6.92 Å². The molecule has 0 saturated carbocycles. The van der Waals surface area contributed by atoms with E-state index in [2.05, 4.69) is 56.4 Å². The van der Waals surface area contributed by atoms with Gasteiger partial charge in [-0.05, 0) is 54.8 Å². The van der Waals surface area contributed by atoms with Crippen LogP contribution in [0.2, 0.25) is 0 Å². The van der Waals surface area contributed by atoms with E-state index < -0.39 is 0 Å². The second kappa shape index (κ2) is 6.58. The van der Waals surface area contributed by atoms with Gasteiger partial charge in [-0.1, -0.05) is 38.1 Å². The molecule has 0 heterocycles. The lowest BCUT2D eigenvalue weighted by Crippen LogP contribution is -2.04. The highest BCUT2D eigenvalue weighted by molar-refractivity contribution is 5.41. The van der Waals surface area contributed by atoms with Crippen LogP contribution in [0.5, 0.6) is 11.5 Å². The Morgan fingerprint density at radius 3 is 2.35 bits per heavy atom. The van der Waals surface area contributed by atoms with Gasteiger partial charge in [0, 0.05) is 6.54 Å². The summed E-state index contributed by atoms with van der Waals surface area (Å²) in [5.41, 5.74) is 3.72. The summed E-state index contributed by atoms with van der Waals surface area (Å²) in [5, 5.41) is 3.14. The first-order valence-corrected chi connectivity index (χ1v) is 7.12. The number of rotatable bonds is 5. The maximum atomic E-state index is 6.01. The van der Waals surface area contributed by atoms with E-state index in [1.54, 1.807) is 0 Å². The number of hydrogen-bond donors (Lipinski definition) is 1. The van der Waals surface area contributed by atoms with Crippen molar-refractivity contribution in [2.75, 3.05) is 7.05 Å². The van der Waals surface area contributed by atoms with Gasteiger partial charge in [0.15, 0.2) is 0 Å². The minimum absolute atomic E-state index is 0.510. The van der Waals surface area contributed by atoms with Crippen LogP contribution in [-0.4, -0.2) is 7.05 Å². The molecule has 1 N–H and O–H groups in total. The summed E-state index contributed by atoms with van der Waals surface area (Å²) in [6.45, 7) is 7.35. The first-order valence-electron chi connectivity index (χ1n) is 7.12. The van der Waals surface area contributed by atoms with Gasteiger partial charge >= 0.3 is 0 Å². The van der Waals surface area contributed by atoms with Crippen molar-refractivity contribution < 1.29 is 4.74 Å². The van der Waals surface area contributed by atoms with Gasteiger partial charge in [-0.3, -0.25) is 0 Å². The van der Waals surface area contributed by atoms with Gasteiger partial charge in [0.1, 0.15) is 11.5 Å². The van der Waals surface area contributed by atoms with Crippen molar-refractivity contribution in [2.24, 2.45) is 0 Å². The van der Waals surface area contributed by atoms with Crippen LogP contribution in [0.25, 0.3) is 0 Å². The molecule has 0 unspecified atom stereocenters. The Morgan fingerprint density at radius 1 is 1.05 bits per heavy atom. The SMILES string of the molecule is CNCc1ccc(Oc2cc(C(C)C)ccc2C)cc1. The molecule has 0 amide bonds. The molecule has 2 aromatic rings. The van der Waals surface area contributed by atoms with E-state index in [1.165, 1.54) is 11.1 Å². The van der Waals surface area contributed by atoms with Crippen LogP contribution in [0.3, 0.4) is 0 Å². The fraction of sp³-hybridized carbons (Fsp3) is 0.333. The number of hydrogen-bond acceptors (Lipinski definition) is 2. The van der Waals surface area contributed by atoms with Crippen LogP contribution in [0.15, 0.2) is 42.5 Å². The maximum absolute atomic E-state index is 6.01. The Bertz CT molecular complexity index is 558. The van der Waals surface area contributed by atoms with Gasteiger partial charge in [-0.25, -0.2) is 0 Å². The number of aryl methyl sites for hydroxylation is 1. The molecule has 0 aliphatic heterocycles. The Hall–Kier alpha value is -1.80. The van der Waals surface area contributed by atoms with Crippen molar-refractivity contribution in [2.45, 2.75) is 33.2 Å². The first-order chi connectivity index (χ1) is 9.60. The minimum Gasteiger partial charge on any atom is -0.457 e. The van der Waals surface area contributed by atoms with Crippen molar-refractivity contribution >= 4 is 0 Å². The van der Waals surface area contributed by atoms with Crippen LogP contribution in [-0.2, 0) is 6.54 Å². The average molecular weight is 269 g/mol. The predicted octanol–water partition coefficient (Wildman–Crippen LogP) is 4.63. The normalized spacial score (nSPS) is 10.8. The Balaban J connectivity index is 2.18. The second-order valence-corrected chi connectivity index (χ2v) is 5.46. The highest BCUT2D eigenvalue weighted by Gasteiger charge is 2.06. The van der Waals surface area contributed by atoms with E-state index >= 15 is 0 Å². The quantitative estimate of drug-likeness (QED) is 0.854. The third kappa shape index (κ3) is 3.61. The molecule has 2 rings (SSSR count). The highest BCUT2D eigenvalue weighted by Crippen LogP contribution is 2.28. The summed E-state index contributed by atoms with van der Waals surface area (Å²) in [4.78, 5) is 0. The molecule has 0 spiro atoms. The summed E-state index contributed by atoms with van der Waals surface area (Å²) in [6.07, 6.45) is 0. The van der Waals surface area contributed by atoms with Crippen LogP contribution >= 0.6 is 0 Å². The van der Waals surface area contributed by atoms with E-state index in [9.17, 15) is 0 Å². The van der Waals surface area contributed by atoms with E-state index in [0.29, 0.717) is 5.92 Å². The lowest BCUT2D eigenvalue weighted by Gasteiger charge is -2.13. The molecular weight excluding hydrogens is 246 g/mol. The highest BCUT2D eigenvalue weighted by atomic mass is 16.5. The standard InChI is InChI=1S/C18H23NO/c1-13(2)16-8-5-14(3)18(11-16)20-17-9-6-15(7-10-17)12-19-4/h5-11,13,19H,12H2,1-4H3. The molecule has 2 aromatic carbocycles. The Morgan fingerprint density at radius 2 is 1.75 bits per heavy atom. The molecule has 20 heavy (non-hydrogen) atoms. The lowest BCUT2D eigenvalue weighted by atomic mass is 10.0. The largest absolute Gasteiger partial charge is 0.457 e. The molecule has 0 aliphatic rings. The van der Waals surface area contributed by atoms with Gasteiger partial charge in [0.2, 0.25) is 0 Å². The molecule has 0 fully saturated rings. The third-order valence-electron chi connectivity index (χ3n) is 3.41. The molecule has 2 nitrogen and oxygen atoms in total. The molecule has 0 atom stereocenters. The summed E-state index contributed by atoms with van der Waals surface area (Å²) in [5.74, 6) is 2.34. The molecule has 106 valence electrons. The average Bonchev–Trinajstić information content (AvgIpc) is 2.43. The number of nitrogens with one attached hydrogen (secondary N) is 1. The lowest BCUT2D eigenvalue weighted by molar-refractivity contribution is 0.477. The third-order valence-corrected chi connectivity index (χ3v) is 3.41. The summed E-state index contributed by atoms with van der Waals surface area (Å²) in [6, 6.07) is 14.7. The molecule has 0 bridgehead atoms. The zero-order chi connectivity index (χ0) is 14.5. The molecule has 0 radical (unpaired) electrons. The fourth-order valence-corrected chi connectivity index (χ4v) is 2.09. The van der Waals surface area contributed by atoms with E-state index in [1.807, 2.05) is 19.2 Å². The molecule has 0 saturated heterocycles. The molecule has 2 heteroatoms. The van der Waals surface area contributed by atoms with Crippen molar-refractivity contribution in [3.63, 3.8) is 0 Å². The zero-order valence-electron chi connectivity index (χ0n) is 12.7. The van der Waals surface area contributed by atoms with Gasteiger partial charge in [0.05, 0.1) is 0 Å². The summed E-state index contributed by atoms with van der Waals surface area (Å²) < 4.78 is 6.01. The van der Waals surface area contributed by atoms with Crippen molar-refractivity contribution in [3.8, 4) is 11.5 Å². The minimum atomic E-state index is 0.510.